The molecule has 1 rings (SSSR count). The minimum absolute atomic E-state index is 0.0461. The molecule has 1 fully saturated rings. The number of aliphatic carboxylic acids is 1. The predicted octanol–water partition coefficient (Wildman–Crippen LogP) is -0.946. The molecule has 2 atom stereocenters. The van der Waals surface area contributed by atoms with Gasteiger partial charge in [0.2, 0.25) is 11.8 Å². The normalized spacial score (nSPS) is 23.6. The monoisotopic (exact) mass is 214 g/mol. The molecule has 2 N–H and O–H groups in total. The van der Waals surface area contributed by atoms with Gasteiger partial charge in [0.05, 0.1) is 12.5 Å². The first kappa shape index (κ1) is 11.5. The average molecular weight is 214 g/mol. The second-order valence-electron chi connectivity index (χ2n) is 3.68. The van der Waals surface area contributed by atoms with Gasteiger partial charge in [-0.2, -0.15) is 0 Å². The van der Waals surface area contributed by atoms with Crippen LogP contribution in [0.25, 0.3) is 0 Å². The van der Waals surface area contributed by atoms with Gasteiger partial charge < -0.3 is 15.3 Å². The van der Waals surface area contributed by atoms with E-state index in [9.17, 15) is 14.4 Å². The van der Waals surface area contributed by atoms with Crippen LogP contribution in [0.15, 0.2) is 0 Å². The average Bonchev–Trinajstić information content (AvgIpc) is 2.18. The zero-order valence-electron chi connectivity index (χ0n) is 8.69. The van der Waals surface area contributed by atoms with Crippen molar-refractivity contribution in [2.24, 2.45) is 5.92 Å². The molecule has 6 heteroatoms. The molecule has 0 aromatic carbocycles. The van der Waals surface area contributed by atoms with Gasteiger partial charge in [0.15, 0.2) is 0 Å². The molecule has 2 amide bonds. The Hall–Kier alpha value is -1.59. The lowest BCUT2D eigenvalue weighted by molar-refractivity contribution is -0.149. The standard InChI is InChI=1S/C9H14N2O4/c1-5(9(14)15)4-11-6(2)8(13)10-3-7(11)12/h5-6H,3-4H2,1-2H3,(H,10,13)(H,14,15). The maximum absolute atomic E-state index is 11.4. The van der Waals surface area contributed by atoms with E-state index < -0.39 is 17.9 Å². The van der Waals surface area contributed by atoms with Gasteiger partial charge in [-0.25, -0.2) is 0 Å². The molecule has 0 aromatic rings. The summed E-state index contributed by atoms with van der Waals surface area (Å²) in [5, 5.41) is 11.1. The predicted molar refractivity (Wildman–Crippen MR) is 51.0 cm³/mol. The van der Waals surface area contributed by atoms with Crippen LogP contribution in [0.1, 0.15) is 13.8 Å². The SMILES string of the molecule is CC(CN1C(=O)CNC(=O)C1C)C(=O)O. The van der Waals surface area contributed by atoms with Crippen molar-refractivity contribution < 1.29 is 19.5 Å². The lowest BCUT2D eigenvalue weighted by atomic mass is 10.1. The maximum Gasteiger partial charge on any atom is 0.308 e. The van der Waals surface area contributed by atoms with Gasteiger partial charge in [0, 0.05) is 6.54 Å². The molecule has 0 aliphatic carbocycles. The summed E-state index contributed by atoms with van der Waals surface area (Å²) in [6.45, 7) is 3.12. The molecule has 15 heavy (non-hydrogen) atoms. The zero-order valence-corrected chi connectivity index (χ0v) is 8.69. The minimum atomic E-state index is -0.971. The topological polar surface area (TPSA) is 86.7 Å². The number of carboxylic acids is 1. The first-order valence-corrected chi connectivity index (χ1v) is 4.73. The maximum atomic E-state index is 11.4. The van der Waals surface area contributed by atoms with Crippen molar-refractivity contribution in [1.29, 1.82) is 0 Å². The van der Waals surface area contributed by atoms with Gasteiger partial charge in [-0.15, -0.1) is 0 Å². The fourth-order valence-electron chi connectivity index (χ4n) is 1.40. The van der Waals surface area contributed by atoms with Crippen LogP contribution >= 0.6 is 0 Å². The molecule has 0 bridgehead atoms. The lowest BCUT2D eigenvalue weighted by Gasteiger charge is -2.33. The molecule has 1 aliphatic heterocycles. The number of piperazine rings is 1. The Morgan fingerprint density at radius 3 is 2.80 bits per heavy atom. The third-order valence-electron chi connectivity index (χ3n) is 2.47. The highest BCUT2D eigenvalue weighted by molar-refractivity contribution is 5.94. The van der Waals surface area contributed by atoms with E-state index in [1.54, 1.807) is 6.92 Å². The third-order valence-corrected chi connectivity index (χ3v) is 2.47. The van der Waals surface area contributed by atoms with Crippen molar-refractivity contribution in [1.82, 2.24) is 10.2 Å². The lowest BCUT2D eigenvalue weighted by Crippen LogP contribution is -2.58. The summed E-state index contributed by atoms with van der Waals surface area (Å²) in [6, 6.07) is -0.590. The fraction of sp³-hybridized carbons (Fsp3) is 0.667. The van der Waals surface area contributed by atoms with Crippen molar-refractivity contribution in [2.45, 2.75) is 19.9 Å². The Balaban J connectivity index is 2.69. The van der Waals surface area contributed by atoms with E-state index in [4.69, 9.17) is 5.11 Å². The van der Waals surface area contributed by atoms with E-state index in [1.165, 1.54) is 11.8 Å². The highest BCUT2D eigenvalue weighted by Gasteiger charge is 2.32. The first-order valence-electron chi connectivity index (χ1n) is 4.73. The Morgan fingerprint density at radius 2 is 2.27 bits per heavy atom. The van der Waals surface area contributed by atoms with E-state index in [0.29, 0.717) is 0 Å². The van der Waals surface area contributed by atoms with E-state index in [2.05, 4.69) is 5.32 Å². The summed E-state index contributed by atoms with van der Waals surface area (Å²) in [6.07, 6.45) is 0. The first-order chi connectivity index (χ1) is 6.93. The Bertz CT molecular complexity index is 302. The largest absolute Gasteiger partial charge is 0.481 e. The van der Waals surface area contributed by atoms with Crippen LogP contribution in [-0.4, -0.2) is 46.9 Å². The Morgan fingerprint density at radius 1 is 1.67 bits per heavy atom. The Kier molecular flexibility index (Phi) is 3.28. The minimum Gasteiger partial charge on any atom is -0.481 e. The van der Waals surface area contributed by atoms with Gasteiger partial charge in [-0.1, -0.05) is 6.92 Å². The van der Waals surface area contributed by atoms with E-state index in [-0.39, 0.29) is 24.9 Å². The highest BCUT2D eigenvalue weighted by atomic mass is 16.4. The number of nitrogens with zero attached hydrogens (tertiary/aromatic N) is 1. The zero-order chi connectivity index (χ0) is 11.6. The summed E-state index contributed by atoms with van der Waals surface area (Å²) < 4.78 is 0. The van der Waals surface area contributed by atoms with Crippen molar-refractivity contribution in [3.63, 3.8) is 0 Å². The van der Waals surface area contributed by atoms with Gasteiger partial charge in [0.1, 0.15) is 6.04 Å². The van der Waals surface area contributed by atoms with Crippen LogP contribution in [-0.2, 0) is 14.4 Å². The summed E-state index contributed by atoms with van der Waals surface area (Å²) in [5.41, 5.74) is 0. The van der Waals surface area contributed by atoms with E-state index >= 15 is 0 Å². The number of carboxylic acid groups (broad SMARTS) is 1. The summed E-state index contributed by atoms with van der Waals surface area (Å²) in [5.74, 6) is -2.12. The van der Waals surface area contributed by atoms with Gasteiger partial charge in [-0.05, 0) is 6.92 Å². The number of carbonyl (C=O) groups excluding carboxylic acids is 2. The molecule has 0 radical (unpaired) electrons. The van der Waals surface area contributed by atoms with Crippen LogP contribution in [0.5, 0.6) is 0 Å². The summed E-state index contributed by atoms with van der Waals surface area (Å²) in [4.78, 5) is 34.6. The number of hydrogen-bond acceptors (Lipinski definition) is 3. The van der Waals surface area contributed by atoms with Crippen molar-refractivity contribution in [3.8, 4) is 0 Å². The summed E-state index contributed by atoms with van der Waals surface area (Å²) in [7, 11) is 0. The molecule has 2 unspecified atom stereocenters. The van der Waals surface area contributed by atoms with Crippen molar-refractivity contribution >= 4 is 17.8 Å². The quantitative estimate of drug-likeness (QED) is 0.634. The molecule has 1 saturated heterocycles. The summed E-state index contributed by atoms with van der Waals surface area (Å²) >= 11 is 0. The molecular weight excluding hydrogens is 200 g/mol. The highest BCUT2D eigenvalue weighted by Crippen LogP contribution is 2.09. The number of nitrogens with one attached hydrogen (secondary N) is 1. The molecule has 1 heterocycles. The molecule has 0 aromatic heterocycles. The van der Waals surface area contributed by atoms with Crippen LogP contribution < -0.4 is 5.32 Å². The van der Waals surface area contributed by atoms with Crippen LogP contribution in [0.2, 0.25) is 0 Å². The third kappa shape index (κ3) is 2.45. The molecule has 1 aliphatic rings. The molecule has 84 valence electrons. The van der Waals surface area contributed by atoms with Crippen LogP contribution in [0.3, 0.4) is 0 Å². The van der Waals surface area contributed by atoms with Crippen LogP contribution in [0.4, 0.5) is 0 Å². The van der Waals surface area contributed by atoms with Gasteiger partial charge >= 0.3 is 5.97 Å². The number of amides is 2. The molecule has 0 saturated carbocycles. The van der Waals surface area contributed by atoms with Crippen molar-refractivity contribution in [3.05, 3.63) is 0 Å². The molecule has 6 nitrogen and oxygen atoms in total. The second-order valence-corrected chi connectivity index (χ2v) is 3.68. The second kappa shape index (κ2) is 4.29. The number of rotatable bonds is 3. The molecular formula is C9H14N2O4. The fourth-order valence-corrected chi connectivity index (χ4v) is 1.40. The number of carbonyl (C=O) groups is 3. The van der Waals surface area contributed by atoms with Crippen molar-refractivity contribution in [2.75, 3.05) is 13.1 Å². The van der Waals surface area contributed by atoms with Crippen LogP contribution in [0, 0.1) is 5.92 Å². The van der Waals surface area contributed by atoms with E-state index in [0.717, 1.165) is 0 Å². The smallest absolute Gasteiger partial charge is 0.308 e. The van der Waals surface area contributed by atoms with E-state index in [1.807, 2.05) is 0 Å². The van der Waals surface area contributed by atoms with Gasteiger partial charge in [-0.3, -0.25) is 14.4 Å². The Labute approximate surface area is 87.2 Å². The van der Waals surface area contributed by atoms with Gasteiger partial charge in [0.25, 0.3) is 0 Å². The molecule has 0 spiro atoms. The number of hydrogen-bond donors (Lipinski definition) is 2.